The molecule has 23 heavy (non-hydrogen) atoms. The van der Waals surface area contributed by atoms with Crippen LogP contribution in [0.3, 0.4) is 0 Å². The highest BCUT2D eigenvalue weighted by atomic mass is 16.5. The van der Waals surface area contributed by atoms with Gasteiger partial charge in [0.1, 0.15) is 5.75 Å². The molecule has 1 heterocycles. The minimum atomic E-state index is -0.163. The second-order valence-corrected chi connectivity index (χ2v) is 5.38. The second kappa shape index (κ2) is 8.17. The number of nitrogens with one attached hydrogen (secondary N) is 2. The Kier molecular flexibility index (Phi) is 5.97. The largest absolute Gasteiger partial charge is 0.497 e. The van der Waals surface area contributed by atoms with E-state index in [2.05, 4.69) is 15.6 Å². The molecule has 5 nitrogen and oxygen atoms in total. The summed E-state index contributed by atoms with van der Waals surface area (Å²) in [6.45, 7) is 4.44. The summed E-state index contributed by atoms with van der Waals surface area (Å²) in [6.07, 6.45) is 2.65. The molecule has 0 aliphatic heterocycles. The first kappa shape index (κ1) is 16.8. The van der Waals surface area contributed by atoms with Gasteiger partial charge in [-0.05, 0) is 49.2 Å². The normalized spacial score (nSPS) is 11.6. The summed E-state index contributed by atoms with van der Waals surface area (Å²) < 4.78 is 5.18. The summed E-state index contributed by atoms with van der Waals surface area (Å²) >= 11 is 0. The van der Waals surface area contributed by atoms with E-state index >= 15 is 0 Å². The summed E-state index contributed by atoms with van der Waals surface area (Å²) in [5.74, 6) is 0.803. The molecule has 122 valence electrons. The minimum absolute atomic E-state index is 0.157. The van der Waals surface area contributed by atoms with E-state index in [9.17, 15) is 4.79 Å². The van der Waals surface area contributed by atoms with Gasteiger partial charge in [0.2, 0.25) is 0 Å². The van der Waals surface area contributed by atoms with E-state index in [0.717, 1.165) is 29.0 Å². The fourth-order valence-electron chi connectivity index (χ4n) is 2.14. The molecule has 0 aliphatic rings. The molecule has 1 aromatic carbocycles. The molecule has 5 heteroatoms. The van der Waals surface area contributed by atoms with Crippen LogP contribution in [0.15, 0.2) is 42.6 Å². The molecular formula is C18H23N3O2. The van der Waals surface area contributed by atoms with Gasteiger partial charge in [0.05, 0.1) is 12.8 Å². The van der Waals surface area contributed by atoms with Crippen LogP contribution in [0.1, 0.15) is 25.8 Å². The molecule has 0 saturated heterocycles. The van der Waals surface area contributed by atoms with Crippen LogP contribution in [0.2, 0.25) is 0 Å². The average Bonchev–Trinajstić information content (AvgIpc) is 2.60. The van der Waals surface area contributed by atoms with Gasteiger partial charge >= 0.3 is 6.03 Å². The fourth-order valence-corrected chi connectivity index (χ4v) is 2.14. The van der Waals surface area contributed by atoms with Crippen molar-refractivity contribution >= 4 is 6.03 Å². The van der Waals surface area contributed by atoms with Crippen molar-refractivity contribution in [1.82, 2.24) is 15.6 Å². The van der Waals surface area contributed by atoms with Crippen molar-refractivity contribution in [3.8, 4) is 17.0 Å². The Morgan fingerprint density at radius 2 is 2.00 bits per heavy atom. The molecule has 0 spiro atoms. The van der Waals surface area contributed by atoms with Crippen LogP contribution in [0.5, 0.6) is 5.75 Å². The van der Waals surface area contributed by atoms with Crippen molar-refractivity contribution in [2.45, 2.75) is 32.9 Å². The quantitative estimate of drug-likeness (QED) is 0.859. The molecule has 0 unspecified atom stereocenters. The first-order valence-corrected chi connectivity index (χ1v) is 7.76. The fraction of sp³-hybridized carbons (Fsp3) is 0.333. The van der Waals surface area contributed by atoms with E-state index in [0.29, 0.717) is 6.54 Å². The Bertz CT molecular complexity index is 641. The number of amides is 2. The van der Waals surface area contributed by atoms with Crippen LogP contribution in [0.4, 0.5) is 4.79 Å². The van der Waals surface area contributed by atoms with Gasteiger partial charge in [-0.2, -0.15) is 0 Å². The molecule has 2 N–H and O–H groups in total. The molecule has 1 aromatic heterocycles. The van der Waals surface area contributed by atoms with Gasteiger partial charge in [0.15, 0.2) is 0 Å². The number of nitrogens with zero attached hydrogens (tertiary/aromatic N) is 1. The van der Waals surface area contributed by atoms with Gasteiger partial charge < -0.3 is 15.4 Å². The van der Waals surface area contributed by atoms with Crippen molar-refractivity contribution in [2.24, 2.45) is 0 Å². The third-order valence-corrected chi connectivity index (χ3v) is 3.68. The number of hydrogen-bond acceptors (Lipinski definition) is 3. The highest BCUT2D eigenvalue weighted by molar-refractivity contribution is 5.74. The summed E-state index contributed by atoms with van der Waals surface area (Å²) in [5, 5.41) is 5.77. The number of aromatic nitrogens is 1. The van der Waals surface area contributed by atoms with E-state index in [4.69, 9.17) is 4.74 Å². The van der Waals surface area contributed by atoms with Crippen LogP contribution in [0.25, 0.3) is 11.3 Å². The van der Waals surface area contributed by atoms with E-state index in [1.165, 1.54) is 0 Å². The van der Waals surface area contributed by atoms with Crippen LogP contribution < -0.4 is 15.4 Å². The average molecular weight is 313 g/mol. The maximum Gasteiger partial charge on any atom is 0.315 e. The number of urea groups is 1. The molecule has 0 aliphatic carbocycles. The lowest BCUT2D eigenvalue weighted by Crippen LogP contribution is -2.40. The van der Waals surface area contributed by atoms with Crippen LogP contribution in [-0.2, 0) is 6.54 Å². The minimum Gasteiger partial charge on any atom is -0.497 e. The summed E-state index contributed by atoms with van der Waals surface area (Å²) in [6, 6.07) is 11.6. The van der Waals surface area contributed by atoms with Crippen LogP contribution in [-0.4, -0.2) is 24.2 Å². The van der Waals surface area contributed by atoms with Gasteiger partial charge in [-0.15, -0.1) is 0 Å². The van der Waals surface area contributed by atoms with E-state index in [1.807, 2.05) is 50.2 Å². The zero-order valence-electron chi connectivity index (χ0n) is 13.8. The van der Waals surface area contributed by atoms with Crippen LogP contribution in [0, 0.1) is 0 Å². The van der Waals surface area contributed by atoms with Gasteiger partial charge in [-0.25, -0.2) is 4.79 Å². The molecular weight excluding hydrogens is 290 g/mol. The third-order valence-electron chi connectivity index (χ3n) is 3.68. The molecule has 0 radical (unpaired) electrons. The highest BCUT2D eigenvalue weighted by Gasteiger charge is 2.09. The Hall–Kier alpha value is -2.56. The summed E-state index contributed by atoms with van der Waals surface area (Å²) in [5.41, 5.74) is 2.82. The zero-order valence-corrected chi connectivity index (χ0v) is 13.8. The second-order valence-electron chi connectivity index (χ2n) is 5.38. The smallest absolute Gasteiger partial charge is 0.315 e. The zero-order chi connectivity index (χ0) is 16.7. The van der Waals surface area contributed by atoms with Crippen molar-refractivity contribution in [1.29, 1.82) is 0 Å². The predicted octanol–water partition coefficient (Wildman–Crippen LogP) is 3.35. The van der Waals surface area contributed by atoms with E-state index in [-0.39, 0.29) is 12.1 Å². The number of pyridine rings is 1. The molecule has 2 amide bonds. The summed E-state index contributed by atoms with van der Waals surface area (Å²) in [7, 11) is 1.64. The Morgan fingerprint density at radius 1 is 1.26 bits per heavy atom. The monoisotopic (exact) mass is 313 g/mol. The number of carbonyl (C=O) groups is 1. The molecule has 2 aromatic rings. The van der Waals surface area contributed by atoms with Crippen molar-refractivity contribution in [3.63, 3.8) is 0 Å². The lowest BCUT2D eigenvalue weighted by atomic mass is 10.1. The van der Waals surface area contributed by atoms with E-state index < -0.39 is 0 Å². The van der Waals surface area contributed by atoms with Crippen molar-refractivity contribution in [3.05, 3.63) is 48.2 Å². The number of rotatable bonds is 6. The third kappa shape index (κ3) is 4.71. The van der Waals surface area contributed by atoms with Gasteiger partial charge in [-0.3, -0.25) is 4.98 Å². The lowest BCUT2D eigenvalue weighted by Gasteiger charge is -2.14. The van der Waals surface area contributed by atoms with Gasteiger partial charge in [-0.1, -0.05) is 13.0 Å². The summed E-state index contributed by atoms with van der Waals surface area (Å²) in [4.78, 5) is 16.3. The molecule has 2 rings (SSSR count). The SMILES string of the molecule is CC[C@@H](C)NC(=O)NCc1cccnc1-c1ccc(OC)cc1. The van der Waals surface area contributed by atoms with Crippen LogP contribution >= 0.6 is 0 Å². The van der Waals surface area contributed by atoms with Gasteiger partial charge in [0, 0.05) is 24.3 Å². The molecule has 0 fully saturated rings. The van der Waals surface area contributed by atoms with Gasteiger partial charge in [0.25, 0.3) is 0 Å². The number of benzene rings is 1. The number of ether oxygens (including phenoxy) is 1. The lowest BCUT2D eigenvalue weighted by molar-refractivity contribution is 0.237. The number of hydrogen-bond donors (Lipinski definition) is 2. The number of methoxy groups -OCH3 is 1. The van der Waals surface area contributed by atoms with E-state index in [1.54, 1.807) is 13.3 Å². The van der Waals surface area contributed by atoms with Crippen molar-refractivity contribution < 1.29 is 9.53 Å². The van der Waals surface area contributed by atoms with Crippen molar-refractivity contribution in [2.75, 3.05) is 7.11 Å². The number of carbonyl (C=O) groups excluding carboxylic acids is 1. The standard InChI is InChI=1S/C18H23N3O2/c1-4-13(2)21-18(22)20-12-15-6-5-11-19-17(15)14-7-9-16(23-3)10-8-14/h5-11,13H,4,12H2,1-3H3,(H2,20,21,22)/t13-/m1/s1. The molecule has 0 bridgehead atoms. The maximum absolute atomic E-state index is 11.9. The predicted molar refractivity (Wildman–Crippen MR) is 91.3 cm³/mol. The first-order chi connectivity index (χ1) is 11.1. The Morgan fingerprint density at radius 3 is 2.65 bits per heavy atom. The molecule has 1 atom stereocenters. The molecule has 0 saturated carbocycles. The topological polar surface area (TPSA) is 63.2 Å². The Balaban J connectivity index is 2.09. The first-order valence-electron chi connectivity index (χ1n) is 7.76. The highest BCUT2D eigenvalue weighted by Crippen LogP contribution is 2.23. The Labute approximate surface area is 137 Å². The maximum atomic E-state index is 11.9.